The molecular formula is C14H24N2O2. The van der Waals surface area contributed by atoms with E-state index < -0.39 is 0 Å². The van der Waals surface area contributed by atoms with Crippen LogP contribution in [0.15, 0.2) is 24.3 Å². The predicted octanol–water partition coefficient (Wildman–Crippen LogP) is 1.62. The Morgan fingerprint density at radius 1 is 1.11 bits per heavy atom. The Bertz CT molecular complexity index is 329. The van der Waals surface area contributed by atoms with Gasteiger partial charge in [0.05, 0.1) is 6.61 Å². The van der Waals surface area contributed by atoms with E-state index in [1.54, 1.807) is 0 Å². The van der Waals surface area contributed by atoms with Crippen LogP contribution in [0.3, 0.4) is 0 Å². The number of ether oxygens (including phenoxy) is 2. The number of likely N-dealkylation sites (N-methyl/N-ethyl adjacent to an activating group) is 1. The molecule has 1 rings (SSSR count). The normalized spacial score (nSPS) is 10.7. The van der Waals surface area contributed by atoms with E-state index in [0.717, 1.165) is 31.1 Å². The first-order valence-corrected chi connectivity index (χ1v) is 6.43. The molecule has 0 aliphatic heterocycles. The van der Waals surface area contributed by atoms with Crippen LogP contribution in [0.4, 0.5) is 0 Å². The topological polar surface area (TPSA) is 33.7 Å². The van der Waals surface area contributed by atoms with E-state index in [1.165, 1.54) is 0 Å². The fourth-order valence-corrected chi connectivity index (χ4v) is 1.49. The van der Waals surface area contributed by atoms with Gasteiger partial charge in [0.2, 0.25) is 0 Å². The highest BCUT2D eigenvalue weighted by molar-refractivity contribution is 5.32. The molecule has 102 valence electrons. The second kappa shape index (κ2) is 8.78. The van der Waals surface area contributed by atoms with Gasteiger partial charge in [0.25, 0.3) is 0 Å². The third-order valence-electron chi connectivity index (χ3n) is 2.40. The van der Waals surface area contributed by atoms with E-state index in [2.05, 4.69) is 24.3 Å². The molecule has 4 heteroatoms. The first kappa shape index (κ1) is 14.8. The van der Waals surface area contributed by atoms with Crippen molar-refractivity contribution < 1.29 is 9.47 Å². The highest BCUT2D eigenvalue weighted by Gasteiger charge is 1.97. The Kier molecular flexibility index (Phi) is 7.22. The van der Waals surface area contributed by atoms with Crippen molar-refractivity contribution in [1.29, 1.82) is 0 Å². The molecule has 0 aromatic heterocycles. The molecule has 0 fully saturated rings. The van der Waals surface area contributed by atoms with Crippen LogP contribution >= 0.6 is 0 Å². The zero-order valence-electron chi connectivity index (χ0n) is 11.6. The summed E-state index contributed by atoms with van der Waals surface area (Å²) in [5.41, 5.74) is 0. The average molecular weight is 252 g/mol. The molecule has 0 unspecified atom stereocenters. The first-order valence-electron chi connectivity index (χ1n) is 6.43. The summed E-state index contributed by atoms with van der Waals surface area (Å²) in [5, 5.41) is 3.33. The Morgan fingerprint density at radius 2 is 1.83 bits per heavy atom. The second-order valence-corrected chi connectivity index (χ2v) is 4.31. The summed E-state index contributed by atoms with van der Waals surface area (Å²) < 4.78 is 11.1. The number of benzene rings is 1. The molecule has 1 aromatic carbocycles. The molecule has 0 amide bonds. The van der Waals surface area contributed by atoms with E-state index in [0.29, 0.717) is 13.2 Å². The lowest BCUT2D eigenvalue weighted by atomic mass is 10.3. The Balaban J connectivity index is 2.16. The molecule has 0 saturated carbocycles. The van der Waals surface area contributed by atoms with Crippen molar-refractivity contribution in [3.8, 4) is 11.5 Å². The monoisotopic (exact) mass is 252 g/mol. The van der Waals surface area contributed by atoms with Crippen LogP contribution in [-0.2, 0) is 0 Å². The SMILES string of the molecule is CCOc1cccc(OCCNCCN(C)C)c1. The number of rotatable bonds is 9. The average Bonchev–Trinajstić information content (AvgIpc) is 2.34. The van der Waals surface area contributed by atoms with Crippen LogP contribution in [0.1, 0.15) is 6.92 Å². The van der Waals surface area contributed by atoms with Crippen molar-refractivity contribution in [2.24, 2.45) is 0 Å². The fourth-order valence-electron chi connectivity index (χ4n) is 1.49. The summed E-state index contributed by atoms with van der Waals surface area (Å²) in [7, 11) is 4.13. The van der Waals surface area contributed by atoms with Gasteiger partial charge in [0.1, 0.15) is 18.1 Å². The van der Waals surface area contributed by atoms with E-state index in [-0.39, 0.29) is 0 Å². The standard InChI is InChI=1S/C14H24N2O2/c1-4-17-13-6-5-7-14(12-13)18-11-9-15-8-10-16(2)3/h5-7,12,15H,4,8-11H2,1-3H3. The van der Waals surface area contributed by atoms with Crippen molar-refractivity contribution in [2.75, 3.05) is 46.9 Å². The number of nitrogens with zero attached hydrogens (tertiary/aromatic N) is 1. The molecule has 1 aromatic rings. The summed E-state index contributed by atoms with van der Waals surface area (Å²) in [6.45, 7) is 6.20. The van der Waals surface area contributed by atoms with Gasteiger partial charge in [0, 0.05) is 25.7 Å². The molecule has 0 bridgehead atoms. The molecular weight excluding hydrogens is 228 g/mol. The lowest BCUT2D eigenvalue weighted by Crippen LogP contribution is -2.29. The van der Waals surface area contributed by atoms with Gasteiger partial charge in [-0.1, -0.05) is 6.07 Å². The summed E-state index contributed by atoms with van der Waals surface area (Å²) in [6.07, 6.45) is 0. The van der Waals surface area contributed by atoms with Crippen molar-refractivity contribution >= 4 is 0 Å². The van der Waals surface area contributed by atoms with Gasteiger partial charge in [-0.15, -0.1) is 0 Å². The van der Waals surface area contributed by atoms with Crippen LogP contribution < -0.4 is 14.8 Å². The number of hydrogen-bond acceptors (Lipinski definition) is 4. The fraction of sp³-hybridized carbons (Fsp3) is 0.571. The molecule has 18 heavy (non-hydrogen) atoms. The van der Waals surface area contributed by atoms with Crippen molar-refractivity contribution in [2.45, 2.75) is 6.92 Å². The van der Waals surface area contributed by atoms with E-state index >= 15 is 0 Å². The van der Waals surface area contributed by atoms with Crippen LogP contribution in [0.2, 0.25) is 0 Å². The zero-order chi connectivity index (χ0) is 13.2. The maximum Gasteiger partial charge on any atom is 0.123 e. The van der Waals surface area contributed by atoms with Gasteiger partial charge in [-0.05, 0) is 33.2 Å². The van der Waals surface area contributed by atoms with Gasteiger partial charge in [-0.25, -0.2) is 0 Å². The van der Waals surface area contributed by atoms with Crippen molar-refractivity contribution in [3.63, 3.8) is 0 Å². The van der Waals surface area contributed by atoms with Crippen molar-refractivity contribution in [3.05, 3.63) is 24.3 Å². The van der Waals surface area contributed by atoms with Gasteiger partial charge >= 0.3 is 0 Å². The minimum Gasteiger partial charge on any atom is -0.494 e. The number of hydrogen-bond donors (Lipinski definition) is 1. The molecule has 0 saturated heterocycles. The Morgan fingerprint density at radius 3 is 2.50 bits per heavy atom. The van der Waals surface area contributed by atoms with Gasteiger partial charge in [0.15, 0.2) is 0 Å². The summed E-state index contributed by atoms with van der Waals surface area (Å²) >= 11 is 0. The maximum atomic E-state index is 5.64. The van der Waals surface area contributed by atoms with Crippen LogP contribution in [0.25, 0.3) is 0 Å². The van der Waals surface area contributed by atoms with E-state index in [1.807, 2.05) is 31.2 Å². The molecule has 0 radical (unpaired) electrons. The second-order valence-electron chi connectivity index (χ2n) is 4.31. The third kappa shape index (κ3) is 6.47. The quantitative estimate of drug-likeness (QED) is 0.677. The summed E-state index contributed by atoms with van der Waals surface area (Å²) in [6, 6.07) is 7.75. The molecule has 0 aliphatic carbocycles. The van der Waals surface area contributed by atoms with Gasteiger partial charge in [-0.3, -0.25) is 0 Å². The molecule has 1 N–H and O–H groups in total. The van der Waals surface area contributed by atoms with Crippen molar-refractivity contribution in [1.82, 2.24) is 10.2 Å². The highest BCUT2D eigenvalue weighted by Crippen LogP contribution is 2.18. The minimum absolute atomic E-state index is 0.670. The maximum absolute atomic E-state index is 5.64. The van der Waals surface area contributed by atoms with Crippen LogP contribution in [0, 0.1) is 0 Å². The smallest absolute Gasteiger partial charge is 0.123 e. The molecule has 4 nitrogen and oxygen atoms in total. The van der Waals surface area contributed by atoms with E-state index in [4.69, 9.17) is 9.47 Å². The summed E-state index contributed by atoms with van der Waals surface area (Å²) in [4.78, 5) is 2.15. The van der Waals surface area contributed by atoms with Crippen LogP contribution in [-0.4, -0.2) is 51.8 Å². The third-order valence-corrected chi connectivity index (χ3v) is 2.40. The summed E-state index contributed by atoms with van der Waals surface area (Å²) in [5.74, 6) is 1.71. The Labute approximate surface area is 110 Å². The molecule has 0 atom stereocenters. The number of nitrogens with one attached hydrogen (secondary N) is 1. The molecule has 0 aliphatic rings. The lowest BCUT2D eigenvalue weighted by Gasteiger charge is -2.11. The minimum atomic E-state index is 0.670. The van der Waals surface area contributed by atoms with E-state index in [9.17, 15) is 0 Å². The molecule has 0 spiro atoms. The van der Waals surface area contributed by atoms with Gasteiger partial charge < -0.3 is 19.7 Å². The Hall–Kier alpha value is -1.26. The van der Waals surface area contributed by atoms with Crippen LogP contribution in [0.5, 0.6) is 11.5 Å². The largest absolute Gasteiger partial charge is 0.494 e. The first-order chi connectivity index (χ1) is 8.72. The van der Waals surface area contributed by atoms with Gasteiger partial charge in [-0.2, -0.15) is 0 Å². The zero-order valence-corrected chi connectivity index (χ0v) is 11.6. The predicted molar refractivity (Wildman–Crippen MR) is 74.5 cm³/mol. The lowest BCUT2D eigenvalue weighted by molar-refractivity contribution is 0.302. The molecule has 0 heterocycles. The highest BCUT2D eigenvalue weighted by atomic mass is 16.5.